The number of nitrogens with one attached hydrogen (secondary N) is 1. The minimum Gasteiger partial charge on any atom is -0.310 e. The monoisotopic (exact) mass is 345 g/mol. The van der Waals surface area contributed by atoms with Gasteiger partial charge in [-0.15, -0.1) is 0 Å². The summed E-state index contributed by atoms with van der Waals surface area (Å²) in [5, 5.41) is 3.51. The highest BCUT2D eigenvalue weighted by molar-refractivity contribution is 9.10. The Kier molecular flexibility index (Phi) is 5.03. The SMILES string of the molecule is CCC(NCC1CCS(=O)(=O)C1)c1ccc(Br)cc1. The van der Waals surface area contributed by atoms with Gasteiger partial charge in [-0.3, -0.25) is 0 Å². The quantitative estimate of drug-likeness (QED) is 0.892. The van der Waals surface area contributed by atoms with Crippen LogP contribution in [0.2, 0.25) is 0 Å². The number of rotatable bonds is 5. The van der Waals surface area contributed by atoms with Gasteiger partial charge in [-0.1, -0.05) is 35.0 Å². The molecule has 1 aromatic carbocycles. The Balaban J connectivity index is 1.91. The molecular weight excluding hydrogens is 326 g/mol. The highest BCUT2D eigenvalue weighted by Crippen LogP contribution is 2.22. The second kappa shape index (κ2) is 6.37. The van der Waals surface area contributed by atoms with Crippen LogP contribution >= 0.6 is 15.9 Å². The summed E-state index contributed by atoms with van der Waals surface area (Å²) in [4.78, 5) is 0. The molecule has 1 aliphatic rings. The van der Waals surface area contributed by atoms with Crippen molar-refractivity contribution in [1.29, 1.82) is 0 Å². The maximum absolute atomic E-state index is 11.4. The number of sulfone groups is 1. The fraction of sp³-hybridized carbons (Fsp3) is 0.571. The Hall–Kier alpha value is -0.390. The summed E-state index contributed by atoms with van der Waals surface area (Å²) in [5.41, 5.74) is 1.26. The maximum atomic E-state index is 11.4. The summed E-state index contributed by atoms with van der Waals surface area (Å²) in [6.07, 6.45) is 1.80. The lowest BCUT2D eigenvalue weighted by molar-refractivity contribution is 0.450. The molecule has 0 saturated carbocycles. The third-order valence-corrected chi connectivity index (χ3v) is 6.03. The Bertz CT molecular complexity index is 513. The van der Waals surface area contributed by atoms with Crippen LogP contribution in [0.3, 0.4) is 0 Å². The average Bonchev–Trinajstić information content (AvgIpc) is 2.72. The zero-order valence-electron chi connectivity index (χ0n) is 11.1. The first kappa shape index (κ1) is 15.0. The molecule has 2 atom stereocenters. The summed E-state index contributed by atoms with van der Waals surface area (Å²) in [6, 6.07) is 8.60. The normalized spacial score (nSPS) is 23.4. The van der Waals surface area contributed by atoms with Crippen LogP contribution in [-0.2, 0) is 9.84 Å². The van der Waals surface area contributed by atoms with E-state index in [0.29, 0.717) is 17.5 Å². The van der Waals surface area contributed by atoms with E-state index in [2.05, 4.69) is 40.3 Å². The summed E-state index contributed by atoms with van der Waals surface area (Å²) < 4.78 is 23.9. The van der Waals surface area contributed by atoms with Gasteiger partial charge in [0.05, 0.1) is 11.5 Å². The molecule has 2 unspecified atom stereocenters. The van der Waals surface area contributed by atoms with E-state index in [1.807, 2.05) is 12.1 Å². The first-order valence-corrected chi connectivity index (χ1v) is 9.31. The molecule has 0 bridgehead atoms. The number of hydrogen-bond donors (Lipinski definition) is 1. The van der Waals surface area contributed by atoms with Gasteiger partial charge in [0.25, 0.3) is 0 Å². The van der Waals surface area contributed by atoms with Crippen LogP contribution in [0.4, 0.5) is 0 Å². The third-order valence-electron chi connectivity index (χ3n) is 3.66. The largest absolute Gasteiger partial charge is 0.310 e. The Morgan fingerprint density at radius 3 is 2.58 bits per heavy atom. The summed E-state index contributed by atoms with van der Waals surface area (Å²) >= 11 is 3.43. The first-order chi connectivity index (χ1) is 9.00. The molecule has 1 N–H and O–H groups in total. The molecule has 5 heteroatoms. The van der Waals surface area contributed by atoms with Gasteiger partial charge in [0, 0.05) is 10.5 Å². The van der Waals surface area contributed by atoms with Crippen LogP contribution in [0.15, 0.2) is 28.7 Å². The van der Waals surface area contributed by atoms with Crippen molar-refractivity contribution >= 4 is 25.8 Å². The highest BCUT2D eigenvalue weighted by atomic mass is 79.9. The minimum atomic E-state index is -2.77. The van der Waals surface area contributed by atoms with Crippen molar-refractivity contribution in [3.05, 3.63) is 34.3 Å². The van der Waals surface area contributed by atoms with Crippen molar-refractivity contribution in [3.8, 4) is 0 Å². The summed E-state index contributed by atoms with van der Waals surface area (Å²) in [5.74, 6) is 0.972. The Morgan fingerprint density at radius 2 is 2.05 bits per heavy atom. The molecule has 1 aromatic rings. The molecule has 3 nitrogen and oxygen atoms in total. The molecule has 0 aliphatic carbocycles. The molecular formula is C14H20BrNO2S. The van der Waals surface area contributed by atoms with Gasteiger partial charge in [-0.25, -0.2) is 8.42 Å². The van der Waals surface area contributed by atoms with Crippen LogP contribution < -0.4 is 5.32 Å². The lowest BCUT2D eigenvalue weighted by Crippen LogP contribution is -2.27. The lowest BCUT2D eigenvalue weighted by Gasteiger charge is -2.19. The molecule has 1 saturated heterocycles. The zero-order valence-corrected chi connectivity index (χ0v) is 13.5. The van der Waals surface area contributed by atoms with Gasteiger partial charge >= 0.3 is 0 Å². The predicted octanol–water partition coefficient (Wildman–Crippen LogP) is 2.92. The van der Waals surface area contributed by atoms with Crippen molar-refractivity contribution in [2.24, 2.45) is 5.92 Å². The lowest BCUT2D eigenvalue weighted by atomic mass is 10.0. The summed E-state index contributed by atoms with van der Waals surface area (Å²) in [7, 11) is -2.77. The van der Waals surface area contributed by atoms with Crippen molar-refractivity contribution < 1.29 is 8.42 Å². The van der Waals surface area contributed by atoms with E-state index in [4.69, 9.17) is 0 Å². The fourth-order valence-electron chi connectivity index (χ4n) is 2.53. The van der Waals surface area contributed by atoms with Gasteiger partial charge in [-0.05, 0) is 43.0 Å². The number of benzene rings is 1. The molecule has 0 aromatic heterocycles. The van der Waals surface area contributed by atoms with E-state index >= 15 is 0 Å². The molecule has 1 heterocycles. The maximum Gasteiger partial charge on any atom is 0.150 e. The zero-order chi connectivity index (χ0) is 13.9. The van der Waals surface area contributed by atoms with Gasteiger partial charge in [0.1, 0.15) is 0 Å². The fourth-order valence-corrected chi connectivity index (χ4v) is 4.66. The molecule has 0 spiro atoms. The Labute approximate surface area is 123 Å². The molecule has 2 rings (SSSR count). The molecule has 0 radical (unpaired) electrons. The highest BCUT2D eigenvalue weighted by Gasteiger charge is 2.27. The second-order valence-corrected chi connectivity index (χ2v) is 8.33. The average molecular weight is 346 g/mol. The molecule has 1 fully saturated rings. The Morgan fingerprint density at radius 1 is 1.37 bits per heavy atom. The molecule has 1 aliphatic heterocycles. The molecule has 0 amide bonds. The van der Waals surface area contributed by atoms with Crippen molar-refractivity contribution in [1.82, 2.24) is 5.32 Å². The van der Waals surface area contributed by atoms with E-state index in [1.165, 1.54) is 5.56 Å². The van der Waals surface area contributed by atoms with Crippen LogP contribution in [0.25, 0.3) is 0 Å². The van der Waals surface area contributed by atoms with E-state index < -0.39 is 9.84 Å². The smallest absolute Gasteiger partial charge is 0.150 e. The van der Waals surface area contributed by atoms with Crippen LogP contribution in [0.5, 0.6) is 0 Å². The van der Waals surface area contributed by atoms with E-state index in [9.17, 15) is 8.42 Å². The number of halogens is 1. The van der Waals surface area contributed by atoms with Crippen molar-refractivity contribution in [2.45, 2.75) is 25.8 Å². The number of hydrogen-bond acceptors (Lipinski definition) is 3. The van der Waals surface area contributed by atoms with Crippen molar-refractivity contribution in [3.63, 3.8) is 0 Å². The van der Waals surface area contributed by atoms with Crippen LogP contribution in [-0.4, -0.2) is 26.5 Å². The topological polar surface area (TPSA) is 46.2 Å². The standard InChI is InChI=1S/C14H20BrNO2S/c1-2-14(12-3-5-13(15)6-4-12)16-9-11-7-8-19(17,18)10-11/h3-6,11,14,16H,2,7-10H2,1H3. The van der Waals surface area contributed by atoms with Gasteiger partial charge < -0.3 is 5.32 Å². The first-order valence-electron chi connectivity index (χ1n) is 6.69. The van der Waals surface area contributed by atoms with Crippen molar-refractivity contribution in [2.75, 3.05) is 18.1 Å². The van der Waals surface area contributed by atoms with Gasteiger partial charge in [0.2, 0.25) is 0 Å². The van der Waals surface area contributed by atoms with Gasteiger partial charge in [0.15, 0.2) is 9.84 Å². The van der Waals surface area contributed by atoms with Gasteiger partial charge in [-0.2, -0.15) is 0 Å². The second-order valence-electron chi connectivity index (χ2n) is 5.19. The molecule has 19 heavy (non-hydrogen) atoms. The van der Waals surface area contributed by atoms with Crippen LogP contribution in [0.1, 0.15) is 31.4 Å². The predicted molar refractivity (Wildman–Crippen MR) is 81.9 cm³/mol. The van der Waals surface area contributed by atoms with E-state index in [0.717, 1.165) is 23.9 Å². The summed E-state index contributed by atoms with van der Waals surface area (Å²) in [6.45, 7) is 2.93. The third kappa shape index (κ3) is 4.29. The van der Waals surface area contributed by atoms with E-state index in [1.54, 1.807) is 0 Å². The van der Waals surface area contributed by atoms with Crippen LogP contribution in [0, 0.1) is 5.92 Å². The molecule has 106 valence electrons. The minimum absolute atomic E-state index is 0.273. The van der Waals surface area contributed by atoms with E-state index in [-0.39, 0.29) is 5.92 Å².